The van der Waals surface area contributed by atoms with Crippen molar-refractivity contribution in [2.45, 2.75) is 199 Å². The number of unbranched alkanes of at least 4 members (excludes halogenated alkanes) is 21. The van der Waals surface area contributed by atoms with Gasteiger partial charge in [-0.25, -0.2) is 4.57 Å². The number of carbonyl (C=O) groups excluding carboxylic acids is 2. The maximum atomic E-state index is 12.6. The van der Waals surface area contributed by atoms with Gasteiger partial charge in [0.1, 0.15) is 12.6 Å². The van der Waals surface area contributed by atoms with Gasteiger partial charge in [0.15, 0.2) is 6.10 Å². The van der Waals surface area contributed by atoms with Gasteiger partial charge in [0, 0.05) is 12.8 Å². The molecule has 0 aliphatic heterocycles. The normalized spacial score (nSPS) is 14.0. The molecule has 4 N–H and O–H groups in total. The predicted molar refractivity (Wildman–Crippen MR) is 212 cm³/mol. The lowest BCUT2D eigenvalue weighted by Crippen LogP contribution is -2.34. The summed E-state index contributed by atoms with van der Waals surface area (Å²) in [4.78, 5) is 45.8. The van der Waals surface area contributed by atoms with Gasteiger partial charge >= 0.3 is 25.7 Å². The summed E-state index contributed by atoms with van der Waals surface area (Å²) in [5.41, 5.74) is 5.32. The monoisotopic (exact) mass is 774 g/mol. The first-order valence-electron chi connectivity index (χ1n) is 20.9. The van der Waals surface area contributed by atoms with Gasteiger partial charge in [0.05, 0.1) is 13.2 Å². The Hall–Kier alpha value is -2.04. The van der Waals surface area contributed by atoms with E-state index in [4.69, 9.17) is 24.8 Å². The summed E-state index contributed by atoms with van der Waals surface area (Å²) in [6.45, 7) is 2.76. The lowest BCUT2D eigenvalue weighted by molar-refractivity contribution is -0.161. The quantitative estimate of drug-likeness (QED) is 0.0235. The predicted octanol–water partition coefficient (Wildman–Crippen LogP) is 10.7. The molecular formula is C41H76NO10P. The maximum Gasteiger partial charge on any atom is 0.472 e. The number of nitrogens with two attached hydrogens (primary N) is 1. The summed E-state index contributed by atoms with van der Waals surface area (Å²) < 4.78 is 32.6. The molecule has 0 aliphatic rings. The smallest absolute Gasteiger partial charge is 0.472 e. The zero-order chi connectivity index (χ0) is 39.3. The Morgan fingerprint density at radius 2 is 0.943 bits per heavy atom. The molecule has 53 heavy (non-hydrogen) atoms. The fourth-order valence-electron chi connectivity index (χ4n) is 5.58. The van der Waals surface area contributed by atoms with Crippen LogP contribution >= 0.6 is 7.82 Å². The van der Waals surface area contributed by atoms with Crippen LogP contribution in [0.5, 0.6) is 0 Å². The van der Waals surface area contributed by atoms with Crippen LogP contribution in [0.1, 0.15) is 187 Å². The molecule has 0 aliphatic carbocycles. The van der Waals surface area contributed by atoms with Crippen LogP contribution in [0.4, 0.5) is 0 Å². The van der Waals surface area contributed by atoms with Crippen LogP contribution in [-0.4, -0.2) is 59.9 Å². The third kappa shape index (κ3) is 36.7. The van der Waals surface area contributed by atoms with Gasteiger partial charge in [-0.15, -0.1) is 0 Å². The van der Waals surface area contributed by atoms with Crippen molar-refractivity contribution in [1.82, 2.24) is 0 Å². The highest BCUT2D eigenvalue weighted by Crippen LogP contribution is 2.43. The Labute approximate surface area is 321 Å². The topological polar surface area (TPSA) is 172 Å². The molecule has 0 rings (SSSR count). The van der Waals surface area contributed by atoms with Crippen LogP contribution in [0.3, 0.4) is 0 Å². The number of carboxylic acids is 1. The van der Waals surface area contributed by atoms with Gasteiger partial charge in [-0.05, 0) is 64.2 Å². The van der Waals surface area contributed by atoms with E-state index in [1.54, 1.807) is 0 Å². The molecule has 0 aromatic heterocycles. The van der Waals surface area contributed by atoms with Gasteiger partial charge in [-0.2, -0.15) is 0 Å². The molecule has 1 unspecified atom stereocenters. The van der Waals surface area contributed by atoms with Crippen molar-refractivity contribution in [1.29, 1.82) is 0 Å². The minimum Gasteiger partial charge on any atom is -0.480 e. The minimum atomic E-state index is -4.72. The van der Waals surface area contributed by atoms with Crippen LogP contribution in [0.2, 0.25) is 0 Å². The number of allylic oxidation sites excluding steroid dienone is 4. The second kappa shape index (κ2) is 36.9. The van der Waals surface area contributed by atoms with Gasteiger partial charge in [-0.1, -0.05) is 134 Å². The first-order valence-corrected chi connectivity index (χ1v) is 22.4. The number of esters is 2. The summed E-state index contributed by atoms with van der Waals surface area (Å²) in [6.07, 6.45) is 36.7. The fourth-order valence-corrected chi connectivity index (χ4v) is 6.36. The lowest BCUT2D eigenvalue weighted by Gasteiger charge is -2.20. The Bertz CT molecular complexity index is 1010. The first kappa shape index (κ1) is 51.0. The average molecular weight is 774 g/mol. The van der Waals surface area contributed by atoms with Crippen molar-refractivity contribution in [3.63, 3.8) is 0 Å². The van der Waals surface area contributed by atoms with E-state index in [9.17, 15) is 23.8 Å². The summed E-state index contributed by atoms with van der Waals surface area (Å²) in [7, 11) is -4.72. The molecule has 0 aromatic carbocycles. The Morgan fingerprint density at radius 3 is 1.42 bits per heavy atom. The molecule has 0 heterocycles. The van der Waals surface area contributed by atoms with Gasteiger partial charge in [-0.3, -0.25) is 23.4 Å². The van der Waals surface area contributed by atoms with Crippen molar-refractivity contribution < 1.29 is 47.5 Å². The Balaban J connectivity index is 4.43. The average Bonchev–Trinajstić information content (AvgIpc) is 3.13. The van der Waals surface area contributed by atoms with E-state index in [-0.39, 0.29) is 19.4 Å². The van der Waals surface area contributed by atoms with E-state index in [0.717, 1.165) is 57.8 Å². The summed E-state index contributed by atoms with van der Waals surface area (Å²) in [5.74, 6) is -2.41. The van der Waals surface area contributed by atoms with Crippen molar-refractivity contribution in [3.8, 4) is 0 Å². The number of hydrogen-bond donors (Lipinski definition) is 3. The maximum absolute atomic E-state index is 12.6. The van der Waals surface area contributed by atoms with E-state index < -0.39 is 51.1 Å². The molecule has 0 radical (unpaired) electrons. The largest absolute Gasteiger partial charge is 0.480 e. The number of carboxylic acid groups (broad SMARTS) is 1. The Morgan fingerprint density at radius 1 is 0.566 bits per heavy atom. The third-order valence-corrected chi connectivity index (χ3v) is 9.87. The van der Waals surface area contributed by atoms with E-state index in [1.165, 1.54) is 89.9 Å². The van der Waals surface area contributed by atoms with Crippen LogP contribution in [-0.2, 0) is 37.5 Å². The molecule has 0 saturated heterocycles. The third-order valence-electron chi connectivity index (χ3n) is 8.92. The zero-order valence-electron chi connectivity index (χ0n) is 33.4. The van der Waals surface area contributed by atoms with Crippen LogP contribution < -0.4 is 5.73 Å². The number of ether oxygens (including phenoxy) is 2. The molecule has 11 nitrogen and oxygen atoms in total. The molecule has 310 valence electrons. The minimum absolute atomic E-state index is 0.131. The van der Waals surface area contributed by atoms with Crippen molar-refractivity contribution in [3.05, 3.63) is 24.3 Å². The lowest BCUT2D eigenvalue weighted by atomic mass is 10.1. The van der Waals surface area contributed by atoms with Gasteiger partial charge in [0.25, 0.3) is 0 Å². The fraction of sp³-hybridized carbons (Fsp3) is 0.829. The summed E-state index contributed by atoms with van der Waals surface area (Å²) >= 11 is 0. The number of aliphatic carboxylic acids is 1. The number of rotatable bonds is 39. The summed E-state index contributed by atoms with van der Waals surface area (Å²) in [6, 6.07) is -1.52. The SMILES string of the molecule is CCCCCCC/C=C/CCCCCCCC(=O)OC[C@H](COP(=O)(O)OC[C@H](N)C(=O)O)OC(=O)CCCC/C=C/CCCCCCCCCCC. The number of phosphoric acid groups is 1. The molecular weight excluding hydrogens is 697 g/mol. The first-order chi connectivity index (χ1) is 25.6. The highest BCUT2D eigenvalue weighted by atomic mass is 31.2. The Kier molecular flexibility index (Phi) is 35.5. The number of carbonyl (C=O) groups is 3. The van der Waals surface area contributed by atoms with Crippen molar-refractivity contribution in [2.75, 3.05) is 19.8 Å². The van der Waals surface area contributed by atoms with E-state index in [2.05, 4.69) is 42.7 Å². The molecule has 0 bridgehead atoms. The van der Waals surface area contributed by atoms with E-state index in [1.807, 2.05) is 0 Å². The molecule has 0 aromatic rings. The van der Waals surface area contributed by atoms with Crippen LogP contribution in [0.25, 0.3) is 0 Å². The molecule has 0 amide bonds. The molecule has 0 fully saturated rings. The second-order valence-corrected chi connectivity index (χ2v) is 15.6. The number of phosphoric ester groups is 1. The molecule has 0 spiro atoms. The van der Waals surface area contributed by atoms with Crippen LogP contribution in [0, 0.1) is 0 Å². The standard InChI is InChI=1S/C41H76NO10P/c1-3-5-7-9-11-13-15-17-19-21-23-25-27-29-31-33-40(44)52-37(35-50-53(47,48)51-36-38(42)41(45)46)34-49-39(43)32-30-28-26-24-22-20-18-16-14-12-10-8-6-4-2/h16,18,23,25,37-38H,3-15,17,19-22,24,26-36,42H2,1-2H3,(H,45,46)(H,47,48)/b18-16+,25-23+/t37-,38+/m1/s1. The highest BCUT2D eigenvalue weighted by molar-refractivity contribution is 7.47. The van der Waals surface area contributed by atoms with Crippen LogP contribution in [0.15, 0.2) is 24.3 Å². The summed E-state index contributed by atoms with van der Waals surface area (Å²) in [5, 5.41) is 8.87. The van der Waals surface area contributed by atoms with E-state index in [0.29, 0.717) is 12.8 Å². The zero-order valence-corrected chi connectivity index (χ0v) is 34.3. The van der Waals surface area contributed by atoms with Gasteiger partial charge in [0.2, 0.25) is 0 Å². The number of hydrogen-bond acceptors (Lipinski definition) is 9. The second-order valence-electron chi connectivity index (χ2n) is 14.1. The van der Waals surface area contributed by atoms with E-state index >= 15 is 0 Å². The van der Waals surface area contributed by atoms with Gasteiger partial charge < -0.3 is 25.2 Å². The molecule has 12 heteroatoms. The molecule has 3 atom stereocenters. The van der Waals surface area contributed by atoms with Crippen molar-refractivity contribution >= 4 is 25.7 Å². The molecule has 0 saturated carbocycles. The highest BCUT2D eigenvalue weighted by Gasteiger charge is 2.28. The van der Waals surface area contributed by atoms with Crippen molar-refractivity contribution in [2.24, 2.45) is 5.73 Å².